The molecule has 1 rings (SSSR count). The first-order valence-corrected chi connectivity index (χ1v) is 4.89. The molecule has 1 aromatic heterocycles. The van der Waals surface area contributed by atoms with Crippen molar-refractivity contribution >= 4 is 21.7 Å². The van der Waals surface area contributed by atoms with Crippen LogP contribution in [0.3, 0.4) is 0 Å². The van der Waals surface area contributed by atoms with Crippen molar-refractivity contribution in [1.29, 1.82) is 0 Å². The molecule has 0 aliphatic rings. The molecule has 0 bridgehead atoms. The molecule has 0 amide bonds. The Morgan fingerprint density at radius 2 is 2.46 bits per heavy atom. The normalized spacial score (nSPS) is 10.4. The van der Waals surface area contributed by atoms with Gasteiger partial charge in [-0.1, -0.05) is 0 Å². The summed E-state index contributed by atoms with van der Waals surface area (Å²) in [5.74, 6) is 0.0497. The lowest BCUT2D eigenvalue weighted by Gasteiger charge is -2.03. The number of carbonyl (C=O) groups is 1. The molecule has 0 saturated heterocycles. The van der Waals surface area contributed by atoms with Gasteiger partial charge in [0.1, 0.15) is 5.69 Å². The third-order valence-electron chi connectivity index (χ3n) is 1.70. The van der Waals surface area contributed by atoms with Gasteiger partial charge in [0.15, 0.2) is 5.78 Å². The second-order valence-electron chi connectivity index (χ2n) is 2.61. The third-order valence-corrected chi connectivity index (χ3v) is 2.28. The highest BCUT2D eigenvalue weighted by molar-refractivity contribution is 9.10. The molecule has 13 heavy (non-hydrogen) atoms. The van der Waals surface area contributed by atoms with Crippen LogP contribution in [-0.4, -0.2) is 29.2 Å². The fourth-order valence-electron chi connectivity index (χ4n) is 1.12. The molecule has 0 unspecified atom stereocenters. The topological polar surface area (TPSA) is 46.9 Å². The average Bonchev–Trinajstić information content (AvgIpc) is 2.47. The molecule has 1 aromatic rings. The van der Waals surface area contributed by atoms with Crippen LogP contribution >= 0.6 is 15.9 Å². The smallest absolute Gasteiger partial charge is 0.195 e. The predicted molar refractivity (Wildman–Crippen MR) is 53.9 cm³/mol. The Kier molecular flexibility index (Phi) is 3.62. The molecule has 0 saturated carbocycles. The van der Waals surface area contributed by atoms with Gasteiger partial charge >= 0.3 is 0 Å². The van der Waals surface area contributed by atoms with Crippen molar-refractivity contribution in [3.8, 4) is 0 Å². The van der Waals surface area contributed by atoms with Crippen molar-refractivity contribution in [3.05, 3.63) is 16.4 Å². The molecule has 5 heteroatoms. The summed E-state index contributed by atoms with van der Waals surface area (Å²) < 4.78 is 2.44. The first-order chi connectivity index (χ1) is 6.20. The summed E-state index contributed by atoms with van der Waals surface area (Å²) in [7, 11) is 1.75. The largest absolute Gasteiger partial charge is 0.313 e. The molecule has 0 aliphatic carbocycles. The quantitative estimate of drug-likeness (QED) is 0.808. The zero-order chi connectivity index (χ0) is 9.84. The number of aryl methyl sites for hydroxylation is 1. The van der Waals surface area contributed by atoms with E-state index in [2.05, 4.69) is 26.3 Å². The molecular weight excluding hydrogens is 234 g/mol. The van der Waals surface area contributed by atoms with Crippen LogP contribution < -0.4 is 5.32 Å². The Morgan fingerprint density at radius 3 is 3.00 bits per heavy atom. The van der Waals surface area contributed by atoms with E-state index in [0.717, 1.165) is 4.47 Å². The zero-order valence-electron chi connectivity index (χ0n) is 7.67. The first kappa shape index (κ1) is 10.4. The molecular formula is C8H12BrN3O. The number of rotatable bonds is 4. The molecule has 72 valence electrons. The second kappa shape index (κ2) is 4.53. The van der Waals surface area contributed by atoms with Crippen LogP contribution in [0.15, 0.2) is 10.7 Å². The standard InChI is InChI=1S/C8H12BrN3O/c1-3-12-8(6(9)4-11-12)7(13)5-10-2/h4,10H,3,5H2,1-2H3. The van der Waals surface area contributed by atoms with Gasteiger partial charge < -0.3 is 5.32 Å². The molecule has 0 aromatic carbocycles. The number of hydrogen-bond acceptors (Lipinski definition) is 3. The monoisotopic (exact) mass is 245 g/mol. The van der Waals surface area contributed by atoms with E-state index in [1.54, 1.807) is 17.9 Å². The lowest BCUT2D eigenvalue weighted by Crippen LogP contribution is -2.22. The highest BCUT2D eigenvalue weighted by atomic mass is 79.9. The zero-order valence-corrected chi connectivity index (χ0v) is 9.26. The van der Waals surface area contributed by atoms with E-state index < -0.39 is 0 Å². The maximum absolute atomic E-state index is 11.6. The minimum atomic E-state index is 0.0497. The Hall–Kier alpha value is -0.680. The molecule has 0 fully saturated rings. The summed E-state index contributed by atoms with van der Waals surface area (Å²) in [5, 5.41) is 6.88. The SMILES string of the molecule is CCn1ncc(Br)c1C(=O)CNC. The number of nitrogens with one attached hydrogen (secondary N) is 1. The van der Waals surface area contributed by atoms with E-state index in [-0.39, 0.29) is 5.78 Å². The lowest BCUT2D eigenvalue weighted by molar-refractivity contribution is 0.0982. The Morgan fingerprint density at radius 1 is 1.77 bits per heavy atom. The van der Waals surface area contributed by atoms with Crippen LogP contribution in [-0.2, 0) is 6.54 Å². The van der Waals surface area contributed by atoms with Crippen LogP contribution in [0.2, 0.25) is 0 Å². The maximum atomic E-state index is 11.6. The highest BCUT2D eigenvalue weighted by Gasteiger charge is 2.14. The van der Waals surface area contributed by atoms with Gasteiger partial charge in [-0.25, -0.2) is 0 Å². The summed E-state index contributed by atoms with van der Waals surface area (Å²) in [6, 6.07) is 0. The first-order valence-electron chi connectivity index (χ1n) is 4.09. The summed E-state index contributed by atoms with van der Waals surface area (Å²) in [6.45, 7) is 3.00. The van der Waals surface area contributed by atoms with Gasteiger partial charge in [0, 0.05) is 6.54 Å². The summed E-state index contributed by atoms with van der Waals surface area (Å²) in [4.78, 5) is 11.6. The van der Waals surface area contributed by atoms with Gasteiger partial charge in [0.05, 0.1) is 17.2 Å². The lowest BCUT2D eigenvalue weighted by atomic mass is 10.3. The minimum absolute atomic E-state index is 0.0497. The fraction of sp³-hybridized carbons (Fsp3) is 0.500. The summed E-state index contributed by atoms with van der Waals surface area (Å²) in [5.41, 5.74) is 0.636. The van der Waals surface area contributed by atoms with Gasteiger partial charge in [0.25, 0.3) is 0 Å². The highest BCUT2D eigenvalue weighted by Crippen LogP contribution is 2.16. The molecule has 0 atom stereocenters. The van der Waals surface area contributed by atoms with E-state index in [4.69, 9.17) is 0 Å². The molecule has 0 spiro atoms. The van der Waals surface area contributed by atoms with Gasteiger partial charge in [-0.2, -0.15) is 5.10 Å². The Bertz CT molecular complexity index is 308. The number of nitrogens with zero attached hydrogens (tertiary/aromatic N) is 2. The molecule has 0 radical (unpaired) electrons. The number of ketones is 1. The third kappa shape index (κ3) is 2.16. The molecule has 0 aliphatic heterocycles. The van der Waals surface area contributed by atoms with E-state index in [1.165, 1.54) is 0 Å². The number of likely N-dealkylation sites (N-methyl/N-ethyl adjacent to an activating group) is 1. The van der Waals surface area contributed by atoms with Crippen LogP contribution in [0.25, 0.3) is 0 Å². The van der Waals surface area contributed by atoms with Crippen molar-refractivity contribution in [2.45, 2.75) is 13.5 Å². The van der Waals surface area contributed by atoms with Crippen LogP contribution in [0.1, 0.15) is 17.4 Å². The number of carbonyl (C=O) groups excluding carboxylic acids is 1. The maximum Gasteiger partial charge on any atom is 0.195 e. The van der Waals surface area contributed by atoms with Gasteiger partial charge in [0.2, 0.25) is 0 Å². The molecule has 4 nitrogen and oxygen atoms in total. The van der Waals surface area contributed by atoms with Gasteiger partial charge in [-0.05, 0) is 29.9 Å². The molecule has 1 N–H and O–H groups in total. The van der Waals surface area contributed by atoms with Crippen LogP contribution in [0.5, 0.6) is 0 Å². The van der Waals surface area contributed by atoms with Crippen molar-refractivity contribution < 1.29 is 4.79 Å². The Labute approximate surface area is 85.4 Å². The van der Waals surface area contributed by atoms with Gasteiger partial charge in [-0.15, -0.1) is 0 Å². The second-order valence-corrected chi connectivity index (χ2v) is 3.46. The fourth-order valence-corrected chi connectivity index (χ4v) is 1.64. The predicted octanol–water partition coefficient (Wildman–Crippen LogP) is 1.07. The van der Waals surface area contributed by atoms with Crippen LogP contribution in [0.4, 0.5) is 0 Å². The minimum Gasteiger partial charge on any atom is -0.313 e. The van der Waals surface area contributed by atoms with E-state index in [0.29, 0.717) is 18.8 Å². The summed E-state index contributed by atoms with van der Waals surface area (Å²) >= 11 is 3.30. The number of Topliss-reactive ketones (excluding diaryl/α,β-unsaturated/α-hetero) is 1. The number of halogens is 1. The Balaban J connectivity index is 2.96. The van der Waals surface area contributed by atoms with Crippen molar-refractivity contribution in [3.63, 3.8) is 0 Å². The van der Waals surface area contributed by atoms with Crippen molar-refractivity contribution in [1.82, 2.24) is 15.1 Å². The van der Waals surface area contributed by atoms with E-state index >= 15 is 0 Å². The van der Waals surface area contributed by atoms with Crippen molar-refractivity contribution in [2.24, 2.45) is 0 Å². The number of hydrogen-bond donors (Lipinski definition) is 1. The van der Waals surface area contributed by atoms with Crippen molar-refractivity contribution in [2.75, 3.05) is 13.6 Å². The van der Waals surface area contributed by atoms with E-state index in [1.807, 2.05) is 6.92 Å². The van der Waals surface area contributed by atoms with Gasteiger partial charge in [-0.3, -0.25) is 9.48 Å². The summed E-state index contributed by atoms with van der Waals surface area (Å²) in [6.07, 6.45) is 1.65. The van der Waals surface area contributed by atoms with E-state index in [9.17, 15) is 4.79 Å². The van der Waals surface area contributed by atoms with Crippen LogP contribution in [0, 0.1) is 0 Å². The molecule has 1 heterocycles. The average molecular weight is 246 g/mol. The number of aromatic nitrogens is 2.